The predicted molar refractivity (Wildman–Crippen MR) is 99.1 cm³/mol. The van der Waals surface area contributed by atoms with Crippen molar-refractivity contribution in [1.29, 1.82) is 0 Å². The molecule has 1 saturated heterocycles. The molecule has 0 aromatic heterocycles. The summed E-state index contributed by atoms with van der Waals surface area (Å²) in [7, 11) is 0. The average molecular weight is 351 g/mol. The molecule has 26 heavy (non-hydrogen) atoms. The second-order valence-corrected chi connectivity index (χ2v) is 6.16. The van der Waals surface area contributed by atoms with Gasteiger partial charge in [0, 0.05) is 36.0 Å². The van der Waals surface area contributed by atoms with Crippen molar-refractivity contribution < 1.29 is 14.5 Å². The number of amides is 1. The van der Waals surface area contributed by atoms with E-state index >= 15 is 0 Å². The van der Waals surface area contributed by atoms with Crippen LogP contribution in [-0.4, -0.2) is 37.1 Å². The average Bonchev–Trinajstić information content (AvgIpc) is 2.98. The summed E-state index contributed by atoms with van der Waals surface area (Å²) in [4.78, 5) is 25.4. The first-order valence-corrected chi connectivity index (χ1v) is 8.37. The number of para-hydroxylation sites is 1. The molecule has 2 heterocycles. The number of rotatable bonds is 3. The monoisotopic (exact) mass is 351 g/mol. The van der Waals surface area contributed by atoms with Gasteiger partial charge in [-0.25, -0.2) is 0 Å². The topological polar surface area (TPSA) is 84.7 Å². The van der Waals surface area contributed by atoms with Gasteiger partial charge in [0.2, 0.25) is 0 Å². The zero-order chi connectivity index (χ0) is 18.1. The van der Waals surface area contributed by atoms with Gasteiger partial charge < -0.3 is 15.0 Å². The lowest BCUT2D eigenvalue weighted by Crippen LogP contribution is -2.36. The molecule has 1 amide bonds. The van der Waals surface area contributed by atoms with Gasteiger partial charge in [0.05, 0.1) is 18.1 Å². The van der Waals surface area contributed by atoms with E-state index in [1.807, 2.05) is 29.2 Å². The highest BCUT2D eigenvalue weighted by Gasteiger charge is 2.25. The molecule has 1 N–H and O–H groups in total. The van der Waals surface area contributed by atoms with Crippen molar-refractivity contribution in [1.82, 2.24) is 0 Å². The van der Waals surface area contributed by atoms with Gasteiger partial charge in [0.25, 0.3) is 11.6 Å². The number of anilines is 2. The summed E-state index contributed by atoms with van der Waals surface area (Å²) in [5, 5.41) is 14.4. The summed E-state index contributed by atoms with van der Waals surface area (Å²) in [6.07, 6.45) is 1.69. The Hall–Kier alpha value is -3.19. The molecule has 0 aliphatic carbocycles. The van der Waals surface area contributed by atoms with Crippen LogP contribution in [0.2, 0.25) is 0 Å². The molecule has 0 unspecified atom stereocenters. The molecule has 2 aromatic carbocycles. The minimum atomic E-state index is -0.379. The summed E-state index contributed by atoms with van der Waals surface area (Å²) in [5.41, 5.74) is 3.30. The van der Waals surface area contributed by atoms with Crippen molar-refractivity contribution in [2.45, 2.75) is 0 Å². The van der Waals surface area contributed by atoms with Crippen molar-refractivity contribution >= 4 is 34.6 Å². The maximum Gasteiger partial charge on any atom is 0.293 e. The zero-order valence-corrected chi connectivity index (χ0v) is 14.0. The van der Waals surface area contributed by atoms with Crippen LogP contribution in [0.15, 0.2) is 42.5 Å². The van der Waals surface area contributed by atoms with Gasteiger partial charge in [-0.3, -0.25) is 14.9 Å². The third-order valence-electron chi connectivity index (χ3n) is 4.57. The minimum Gasteiger partial charge on any atom is -0.378 e. The van der Waals surface area contributed by atoms with Crippen LogP contribution in [0.3, 0.4) is 0 Å². The molecule has 2 aliphatic rings. The van der Waals surface area contributed by atoms with E-state index in [1.54, 1.807) is 18.2 Å². The highest BCUT2D eigenvalue weighted by Crippen LogP contribution is 2.35. The first kappa shape index (κ1) is 16.3. The molecule has 7 heteroatoms. The number of ether oxygens (including phenoxy) is 1. The van der Waals surface area contributed by atoms with Gasteiger partial charge in [-0.1, -0.05) is 24.3 Å². The number of nitro benzene ring substituents is 1. The number of benzene rings is 2. The van der Waals surface area contributed by atoms with Crippen LogP contribution in [0.1, 0.15) is 11.1 Å². The maximum atomic E-state index is 12.2. The molecule has 7 nitrogen and oxygen atoms in total. The van der Waals surface area contributed by atoms with Crippen LogP contribution in [0.4, 0.5) is 17.1 Å². The van der Waals surface area contributed by atoms with E-state index in [-0.39, 0.29) is 16.5 Å². The van der Waals surface area contributed by atoms with Crippen LogP contribution in [-0.2, 0) is 9.53 Å². The number of nitro groups is 1. The van der Waals surface area contributed by atoms with E-state index in [4.69, 9.17) is 4.74 Å². The molecule has 0 atom stereocenters. The fraction of sp³-hybridized carbons (Fsp3) is 0.211. The van der Waals surface area contributed by atoms with Gasteiger partial charge in [-0.05, 0) is 23.8 Å². The summed E-state index contributed by atoms with van der Waals surface area (Å²) in [6.45, 7) is 2.36. The van der Waals surface area contributed by atoms with Crippen LogP contribution in [0.5, 0.6) is 0 Å². The van der Waals surface area contributed by atoms with Gasteiger partial charge in [0.1, 0.15) is 5.69 Å². The molecular formula is C19H17N3O4. The number of carbonyl (C=O) groups is 1. The maximum absolute atomic E-state index is 12.2. The smallest absolute Gasteiger partial charge is 0.293 e. The predicted octanol–water partition coefficient (Wildman–Crippen LogP) is 2.92. The Kier molecular flexibility index (Phi) is 4.14. The Balaban J connectivity index is 1.73. The summed E-state index contributed by atoms with van der Waals surface area (Å²) in [6, 6.07) is 12.5. The molecule has 2 aliphatic heterocycles. The number of carbonyl (C=O) groups excluding carboxylic acids is 1. The molecule has 132 valence electrons. The number of morpholine rings is 1. The number of nitrogens with zero attached hydrogens (tertiary/aromatic N) is 2. The Labute approximate surface area is 150 Å². The lowest BCUT2D eigenvalue weighted by molar-refractivity contribution is -0.384. The van der Waals surface area contributed by atoms with Crippen molar-refractivity contribution in [2.24, 2.45) is 0 Å². The Bertz CT molecular complexity index is 917. The second-order valence-electron chi connectivity index (χ2n) is 6.16. The first-order valence-electron chi connectivity index (χ1n) is 8.37. The fourth-order valence-corrected chi connectivity index (χ4v) is 3.30. The van der Waals surface area contributed by atoms with E-state index in [0.29, 0.717) is 43.1 Å². The van der Waals surface area contributed by atoms with Gasteiger partial charge in [-0.15, -0.1) is 0 Å². The van der Waals surface area contributed by atoms with Crippen molar-refractivity contribution in [2.75, 3.05) is 36.5 Å². The summed E-state index contributed by atoms with van der Waals surface area (Å²) in [5.74, 6) is -0.203. The number of hydrogen-bond donors (Lipinski definition) is 1. The Morgan fingerprint density at radius 1 is 1.15 bits per heavy atom. The second kappa shape index (κ2) is 6.61. The molecule has 4 rings (SSSR count). The van der Waals surface area contributed by atoms with Gasteiger partial charge in [-0.2, -0.15) is 0 Å². The van der Waals surface area contributed by atoms with Gasteiger partial charge >= 0.3 is 0 Å². The molecule has 2 aromatic rings. The quantitative estimate of drug-likeness (QED) is 0.522. The summed E-state index contributed by atoms with van der Waals surface area (Å²) < 4.78 is 5.31. The van der Waals surface area contributed by atoms with E-state index in [2.05, 4.69) is 5.32 Å². The van der Waals surface area contributed by atoms with E-state index in [9.17, 15) is 14.9 Å². The number of fused-ring (bicyclic) bond motifs is 1. The van der Waals surface area contributed by atoms with Crippen LogP contribution in [0, 0.1) is 10.1 Å². The summed E-state index contributed by atoms with van der Waals surface area (Å²) >= 11 is 0. The molecule has 0 saturated carbocycles. The fourth-order valence-electron chi connectivity index (χ4n) is 3.30. The van der Waals surface area contributed by atoms with Crippen molar-refractivity contribution in [3.05, 3.63) is 63.7 Å². The first-order chi connectivity index (χ1) is 12.6. The number of hydrogen-bond acceptors (Lipinski definition) is 5. The van der Waals surface area contributed by atoms with Crippen LogP contribution < -0.4 is 10.2 Å². The highest BCUT2D eigenvalue weighted by atomic mass is 16.6. The van der Waals surface area contributed by atoms with E-state index in [0.717, 1.165) is 11.3 Å². The number of nitrogens with one attached hydrogen (secondary N) is 1. The minimum absolute atomic E-state index is 0.0351. The molecule has 0 spiro atoms. The SMILES string of the molecule is O=C1Nc2ccccc2C1=Cc1ccc(N2CCOCC2)c([N+](=O)[O-])c1. The van der Waals surface area contributed by atoms with Crippen molar-refractivity contribution in [3.8, 4) is 0 Å². The molecule has 1 fully saturated rings. The third-order valence-corrected chi connectivity index (χ3v) is 4.57. The normalized spacial score (nSPS) is 17.9. The van der Waals surface area contributed by atoms with Gasteiger partial charge in [0.15, 0.2) is 0 Å². The third kappa shape index (κ3) is 2.93. The van der Waals surface area contributed by atoms with Crippen LogP contribution in [0.25, 0.3) is 11.6 Å². The van der Waals surface area contributed by atoms with E-state index in [1.165, 1.54) is 6.07 Å². The largest absolute Gasteiger partial charge is 0.378 e. The lowest BCUT2D eigenvalue weighted by atomic mass is 10.0. The highest BCUT2D eigenvalue weighted by molar-refractivity contribution is 6.34. The standard InChI is InChI=1S/C19H17N3O4/c23-19-15(14-3-1-2-4-16(14)20-19)11-13-5-6-17(18(12-13)22(24)25)21-7-9-26-10-8-21/h1-6,11-12H,7-10H2,(H,20,23). The molecule has 0 radical (unpaired) electrons. The van der Waals surface area contributed by atoms with E-state index < -0.39 is 0 Å². The van der Waals surface area contributed by atoms with Crippen molar-refractivity contribution in [3.63, 3.8) is 0 Å². The Morgan fingerprint density at radius 2 is 1.92 bits per heavy atom. The Morgan fingerprint density at radius 3 is 2.69 bits per heavy atom. The lowest BCUT2D eigenvalue weighted by Gasteiger charge is -2.28. The zero-order valence-electron chi connectivity index (χ0n) is 14.0. The molecule has 0 bridgehead atoms. The molecular weight excluding hydrogens is 334 g/mol. The van der Waals surface area contributed by atoms with Crippen LogP contribution >= 0.6 is 0 Å².